The van der Waals surface area contributed by atoms with Crippen LogP contribution in [0.5, 0.6) is 11.5 Å². The van der Waals surface area contributed by atoms with E-state index in [1.165, 1.54) is 11.0 Å². The minimum Gasteiger partial charge on any atom is -0.540 e. The zero-order chi connectivity index (χ0) is 30.8. The Kier molecular flexibility index (Phi) is 10.1. The highest BCUT2D eigenvalue weighted by atomic mass is 28.4. The molecule has 1 fully saturated rings. The fraction of sp³-hybridized carbons (Fsp3) is 0.625. The van der Waals surface area contributed by atoms with Crippen molar-refractivity contribution in [2.24, 2.45) is 0 Å². The molecule has 3 atom stereocenters. The van der Waals surface area contributed by atoms with Crippen LogP contribution >= 0.6 is 0 Å². The lowest BCUT2D eigenvalue weighted by Gasteiger charge is -2.42. The fourth-order valence-corrected chi connectivity index (χ4v) is 12.2. The van der Waals surface area contributed by atoms with Gasteiger partial charge in [0.25, 0.3) is 14.2 Å². The van der Waals surface area contributed by atoms with Crippen molar-refractivity contribution in [3.63, 3.8) is 0 Å². The number of fused-ring (bicyclic) bond motifs is 2. The number of rotatable bonds is 10. The van der Waals surface area contributed by atoms with Gasteiger partial charge in [-0.1, -0.05) is 59.8 Å². The summed E-state index contributed by atoms with van der Waals surface area (Å²) in [6.07, 6.45) is 4.54. The number of methoxy groups -OCH3 is 1. The Morgan fingerprint density at radius 3 is 2.38 bits per heavy atom. The van der Waals surface area contributed by atoms with Crippen LogP contribution in [0.2, 0.25) is 16.6 Å². The highest BCUT2D eigenvalue weighted by Gasteiger charge is 2.50. The van der Waals surface area contributed by atoms with Crippen molar-refractivity contribution >= 4 is 26.0 Å². The van der Waals surface area contributed by atoms with Gasteiger partial charge in [0.1, 0.15) is 12.4 Å². The summed E-state index contributed by atoms with van der Waals surface area (Å²) >= 11 is 0. The molecule has 9 nitrogen and oxygen atoms in total. The molecule has 3 heterocycles. The highest BCUT2D eigenvalue weighted by molar-refractivity contribution is 6.78. The third-order valence-corrected chi connectivity index (χ3v) is 14.8. The monoisotopic (exact) mass is 600 g/mol. The Morgan fingerprint density at radius 1 is 1.12 bits per heavy atom. The Balaban J connectivity index is 1.93. The first-order valence-corrected chi connectivity index (χ1v) is 17.3. The van der Waals surface area contributed by atoms with E-state index in [0.717, 1.165) is 18.4 Å². The van der Waals surface area contributed by atoms with Crippen LogP contribution in [0, 0.1) is 0 Å². The maximum atomic E-state index is 14.2. The highest BCUT2D eigenvalue weighted by Crippen LogP contribution is 2.48. The third kappa shape index (κ3) is 5.98. The first-order valence-electron chi connectivity index (χ1n) is 15.2. The number of carbonyl (C=O) groups is 2. The zero-order valence-electron chi connectivity index (χ0n) is 26.5. The minimum absolute atomic E-state index is 0.0144. The van der Waals surface area contributed by atoms with Gasteiger partial charge in [0.05, 0.1) is 24.4 Å². The summed E-state index contributed by atoms with van der Waals surface area (Å²) < 4.78 is 31.1. The molecule has 0 bridgehead atoms. The zero-order valence-corrected chi connectivity index (χ0v) is 27.5. The van der Waals surface area contributed by atoms with Crippen LogP contribution in [0.15, 0.2) is 36.6 Å². The van der Waals surface area contributed by atoms with E-state index in [-0.39, 0.29) is 12.5 Å². The molecular weight excluding hydrogens is 552 g/mol. The number of anilines is 1. The topological polar surface area (TPSA) is 86.8 Å². The van der Waals surface area contributed by atoms with Crippen LogP contribution in [0.3, 0.4) is 0 Å². The predicted molar refractivity (Wildman–Crippen MR) is 165 cm³/mol. The number of hydrogen-bond donors (Lipinski definition) is 0. The van der Waals surface area contributed by atoms with Crippen LogP contribution in [0.1, 0.15) is 84.5 Å². The molecule has 0 spiro atoms. The van der Waals surface area contributed by atoms with Crippen LogP contribution in [-0.4, -0.2) is 64.1 Å². The lowest BCUT2D eigenvalue weighted by molar-refractivity contribution is -0.195. The van der Waals surface area contributed by atoms with Gasteiger partial charge in [-0.15, -0.1) is 0 Å². The van der Waals surface area contributed by atoms with Gasteiger partial charge >= 0.3 is 6.09 Å². The van der Waals surface area contributed by atoms with Crippen molar-refractivity contribution in [3.05, 3.63) is 42.1 Å². The van der Waals surface area contributed by atoms with Crippen LogP contribution < -0.4 is 14.1 Å². The van der Waals surface area contributed by atoms with Crippen molar-refractivity contribution in [1.82, 2.24) is 4.90 Å². The lowest BCUT2D eigenvalue weighted by atomic mass is 10.1. The van der Waals surface area contributed by atoms with Crippen molar-refractivity contribution in [2.75, 3.05) is 25.2 Å². The van der Waals surface area contributed by atoms with Crippen LogP contribution in [0.4, 0.5) is 10.5 Å². The third-order valence-electron chi connectivity index (χ3n) is 8.78. The molecule has 3 aliphatic heterocycles. The van der Waals surface area contributed by atoms with Crippen LogP contribution in [0.25, 0.3) is 0 Å². The molecule has 4 rings (SSSR count). The number of benzene rings is 1. The summed E-state index contributed by atoms with van der Waals surface area (Å²) in [6, 6.07) is 3.00. The van der Waals surface area contributed by atoms with E-state index in [1.807, 2.05) is 13.1 Å². The summed E-state index contributed by atoms with van der Waals surface area (Å²) in [5, 5.41) is 0. The van der Waals surface area contributed by atoms with Crippen LogP contribution in [-0.2, 0) is 14.2 Å². The van der Waals surface area contributed by atoms with Gasteiger partial charge in [-0.25, -0.2) is 9.69 Å². The van der Waals surface area contributed by atoms with Crippen molar-refractivity contribution < 1.29 is 33.0 Å². The van der Waals surface area contributed by atoms with Gasteiger partial charge < -0.3 is 28.3 Å². The molecule has 0 aromatic heterocycles. The molecule has 0 aliphatic carbocycles. The van der Waals surface area contributed by atoms with E-state index < -0.39 is 33.0 Å². The van der Waals surface area contributed by atoms with E-state index in [0.29, 0.717) is 58.8 Å². The summed E-state index contributed by atoms with van der Waals surface area (Å²) in [4.78, 5) is 31.2. The number of nitrogens with zero attached hydrogens (tertiary/aromatic N) is 2. The smallest absolute Gasteiger partial charge is 0.416 e. The quantitative estimate of drug-likeness (QED) is 0.205. The maximum absolute atomic E-state index is 14.2. The first kappa shape index (κ1) is 32.1. The number of amides is 2. The van der Waals surface area contributed by atoms with E-state index in [4.69, 9.17) is 23.4 Å². The van der Waals surface area contributed by atoms with E-state index in [9.17, 15) is 9.59 Å². The van der Waals surface area contributed by atoms with E-state index >= 15 is 0 Å². The van der Waals surface area contributed by atoms with Gasteiger partial charge in [-0.2, -0.15) is 0 Å². The number of carbonyl (C=O) groups excluding carboxylic acids is 2. The van der Waals surface area contributed by atoms with Crippen molar-refractivity contribution in [1.29, 1.82) is 0 Å². The number of hydrogen-bond acceptors (Lipinski definition) is 7. The summed E-state index contributed by atoms with van der Waals surface area (Å²) in [5.41, 5.74) is 2.60. The van der Waals surface area contributed by atoms with Crippen molar-refractivity contribution in [3.8, 4) is 11.5 Å². The Morgan fingerprint density at radius 2 is 1.81 bits per heavy atom. The SMILES string of the molecule is C=CCOC(=O)N1c2cc(O[Si](C(C)C)(C(C)C)C(C)C)c(OC)cc2C(=O)N2C=C(C)C[C@H]2C1OC1CCCCO1. The Labute approximate surface area is 251 Å². The second kappa shape index (κ2) is 13.2. The molecule has 1 saturated heterocycles. The van der Waals surface area contributed by atoms with Gasteiger partial charge in [0.2, 0.25) is 0 Å². The molecule has 10 heteroatoms. The molecule has 0 radical (unpaired) electrons. The predicted octanol–water partition coefficient (Wildman–Crippen LogP) is 7.38. The van der Waals surface area contributed by atoms with Gasteiger partial charge in [0, 0.05) is 18.9 Å². The minimum atomic E-state index is -2.43. The van der Waals surface area contributed by atoms with Gasteiger partial charge in [-0.3, -0.25) is 4.79 Å². The van der Waals surface area contributed by atoms with E-state index in [2.05, 4.69) is 48.1 Å². The molecule has 3 aliphatic rings. The molecule has 232 valence electrons. The average molecular weight is 601 g/mol. The molecule has 0 N–H and O–H groups in total. The lowest BCUT2D eigenvalue weighted by Crippen LogP contribution is -2.54. The molecule has 42 heavy (non-hydrogen) atoms. The summed E-state index contributed by atoms with van der Waals surface area (Å²) in [5.74, 6) is 0.718. The normalized spacial score (nSPS) is 22.6. The summed E-state index contributed by atoms with van der Waals surface area (Å²) in [6.45, 7) is 19.5. The molecule has 2 unspecified atom stereocenters. The largest absolute Gasteiger partial charge is 0.540 e. The fourth-order valence-electron chi connectivity index (χ4n) is 6.94. The Hall–Kier alpha value is -2.82. The first-order chi connectivity index (χ1) is 20.0. The van der Waals surface area contributed by atoms with Gasteiger partial charge in [0.15, 0.2) is 18.3 Å². The molecule has 0 saturated carbocycles. The average Bonchev–Trinajstić information content (AvgIpc) is 3.31. The standard InChI is InChI=1S/C32H48N2O7Si/c1-10-14-39-32(36)34-25-18-28(41-42(20(2)3,21(4)5)22(6)7)27(37-9)17-24(25)30(35)33-19-23(8)16-26(33)31(34)40-29-13-11-12-15-38-29/h10,17-22,26,29,31H,1,11-16H2,2-9H3/t26-,29?,31?/m0/s1. The summed E-state index contributed by atoms with van der Waals surface area (Å²) in [7, 11) is -0.855. The van der Waals surface area contributed by atoms with E-state index in [1.54, 1.807) is 24.1 Å². The molecule has 2 amide bonds. The van der Waals surface area contributed by atoms with Gasteiger partial charge in [-0.05, 0) is 55.3 Å². The second-order valence-electron chi connectivity index (χ2n) is 12.5. The van der Waals surface area contributed by atoms with Crippen molar-refractivity contribution in [2.45, 2.75) is 109 Å². The number of ether oxygens (including phenoxy) is 4. The molecule has 1 aromatic carbocycles. The Bertz CT molecular complexity index is 1170. The molecule has 1 aromatic rings. The maximum Gasteiger partial charge on any atom is 0.416 e. The second-order valence-corrected chi connectivity index (χ2v) is 17.8. The molecular formula is C32H48N2O7Si.